The van der Waals surface area contributed by atoms with E-state index >= 15 is 0 Å². The van der Waals surface area contributed by atoms with Crippen molar-refractivity contribution in [2.24, 2.45) is 5.10 Å². The maximum Gasteiger partial charge on any atom is 0.264 e. The fourth-order valence-electron chi connectivity index (χ4n) is 4.43. The molecular weight excluding hydrogens is 550 g/mol. The Kier molecular flexibility index (Phi) is 8.79. The van der Waals surface area contributed by atoms with E-state index in [1.165, 1.54) is 25.5 Å². The van der Waals surface area contributed by atoms with Gasteiger partial charge in [-0.05, 0) is 70.4 Å². The molecule has 9 heteroatoms. The maximum absolute atomic E-state index is 13.5. The van der Waals surface area contributed by atoms with Crippen molar-refractivity contribution >= 4 is 38.6 Å². The number of methoxy groups -OCH3 is 1. The summed E-state index contributed by atoms with van der Waals surface area (Å²) >= 11 is 0. The lowest BCUT2D eigenvalue weighted by atomic mass is 10.1. The number of nitrogens with zero attached hydrogens (tertiary/aromatic N) is 2. The highest BCUT2D eigenvalue weighted by molar-refractivity contribution is 7.92. The smallest absolute Gasteiger partial charge is 0.264 e. The minimum atomic E-state index is -4.07. The third-order valence-corrected chi connectivity index (χ3v) is 8.30. The van der Waals surface area contributed by atoms with E-state index in [1.807, 2.05) is 48.5 Å². The molecule has 5 aromatic rings. The van der Waals surface area contributed by atoms with Crippen LogP contribution in [0, 0.1) is 0 Å². The lowest BCUT2D eigenvalue weighted by molar-refractivity contribution is -0.119. The first-order valence-corrected chi connectivity index (χ1v) is 14.6. The van der Waals surface area contributed by atoms with Crippen molar-refractivity contribution in [2.75, 3.05) is 18.0 Å². The van der Waals surface area contributed by atoms with Gasteiger partial charge in [0.1, 0.15) is 24.7 Å². The number of ether oxygens (including phenoxy) is 2. The molecule has 0 saturated heterocycles. The second kappa shape index (κ2) is 13.0. The van der Waals surface area contributed by atoms with Gasteiger partial charge < -0.3 is 9.47 Å². The molecular formula is C33H29N3O5S. The zero-order valence-electron chi connectivity index (χ0n) is 22.9. The molecule has 0 unspecified atom stereocenters. The third kappa shape index (κ3) is 6.59. The number of rotatable bonds is 11. The monoisotopic (exact) mass is 579 g/mol. The Labute approximate surface area is 244 Å². The number of hydrazone groups is 1. The van der Waals surface area contributed by atoms with Crippen molar-refractivity contribution in [3.63, 3.8) is 0 Å². The lowest BCUT2D eigenvalue weighted by Gasteiger charge is -2.25. The van der Waals surface area contributed by atoms with Gasteiger partial charge in [0.15, 0.2) is 0 Å². The molecule has 0 atom stereocenters. The highest BCUT2D eigenvalue weighted by atomic mass is 32.2. The van der Waals surface area contributed by atoms with Crippen LogP contribution in [0.25, 0.3) is 10.8 Å². The Balaban J connectivity index is 1.24. The molecule has 0 aromatic heterocycles. The van der Waals surface area contributed by atoms with E-state index in [0.29, 0.717) is 18.1 Å². The standard InChI is InChI=1S/C33H29N3O5S/c1-40-32-17-8-7-16-31(32)36(42(38,39)29-13-3-2-4-14-29)23-33(37)35-34-22-25-18-20-28(21-19-25)41-24-27-12-9-11-26-10-5-6-15-30(26)27/h2-22H,23-24H2,1H3,(H,35,37)/b34-22-. The molecule has 0 aliphatic rings. The van der Waals surface area contributed by atoms with Crippen LogP contribution in [-0.2, 0) is 21.4 Å². The Morgan fingerprint density at radius 2 is 1.52 bits per heavy atom. The summed E-state index contributed by atoms with van der Waals surface area (Å²) in [6.07, 6.45) is 1.48. The highest BCUT2D eigenvalue weighted by Crippen LogP contribution is 2.32. The summed E-state index contributed by atoms with van der Waals surface area (Å²) in [5.74, 6) is 0.394. The van der Waals surface area contributed by atoms with Crippen molar-refractivity contribution in [3.05, 3.63) is 132 Å². The Morgan fingerprint density at radius 3 is 2.31 bits per heavy atom. The molecule has 1 N–H and O–H groups in total. The molecule has 0 aliphatic carbocycles. The summed E-state index contributed by atoms with van der Waals surface area (Å²) in [7, 11) is -2.63. The molecule has 0 spiro atoms. The lowest BCUT2D eigenvalue weighted by Crippen LogP contribution is -2.39. The Bertz CT molecular complexity index is 1800. The van der Waals surface area contributed by atoms with E-state index in [-0.39, 0.29) is 10.6 Å². The molecule has 8 nitrogen and oxygen atoms in total. The Morgan fingerprint density at radius 1 is 0.833 bits per heavy atom. The van der Waals surface area contributed by atoms with Crippen molar-refractivity contribution in [3.8, 4) is 11.5 Å². The average Bonchev–Trinajstić information content (AvgIpc) is 3.03. The van der Waals surface area contributed by atoms with Crippen molar-refractivity contribution < 1.29 is 22.7 Å². The molecule has 1 amide bonds. The number of nitrogens with one attached hydrogen (secondary N) is 1. The number of benzene rings is 5. The van der Waals surface area contributed by atoms with Gasteiger partial charge in [0.05, 0.1) is 23.9 Å². The molecule has 0 radical (unpaired) electrons. The van der Waals surface area contributed by atoms with Crippen LogP contribution in [0.15, 0.2) is 131 Å². The van der Waals surface area contributed by atoms with Crippen LogP contribution in [0.4, 0.5) is 5.69 Å². The topological polar surface area (TPSA) is 97.3 Å². The summed E-state index contributed by atoms with van der Waals surface area (Å²) < 4.78 is 39.4. The van der Waals surface area contributed by atoms with Crippen LogP contribution in [0.3, 0.4) is 0 Å². The number of para-hydroxylation sites is 2. The van der Waals surface area contributed by atoms with E-state index < -0.39 is 22.5 Å². The van der Waals surface area contributed by atoms with Gasteiger partial charge in [0, 0.05) is 0 Å². The van der Waals surface area contributed by atoms with Crippen LogP contribution in [0.1, 0.15) is 11.1 Å². The maximum atomic E-state index is 13.5. The minimum absolute atomic E-state index is 0.0509. The van der Waals surface area contributed by atoms with Gasteiger partial charge in [-0.3, -0.25) is 9.10 Å². The van der Waals surface area contributed by atoms with Crippen LogP contribution in [0.5, 0.6) is 11.5 Å². The minimum Gasteiger partial charge on any atom is -0.495 e. The number of carbonyl (C=O) groups is 1. The molecule has 42 heavy (non-hydrogen) atoms. The molecule has 0 bridgehead atoms. The largest absolute Gasteiger partial charge is 0.495 e. The molecule has 5 aromatic carbocycles. The van der Waals surface area contributed by atoms with Crippen molar-refractivity contribution in [2.45, 2.75) is 11.5 Å². The summed E-state index contributed by atoms with van der Waals surface area (Å²) in [5, 5.41) is 6.34. The van der Waals surface area contributed by atoms with Gasteiger partial charge in [-0.1, -0.05) is 72.8 Å². The highest BCUT2D eigenvalue weighted by Gasteiger charge is 2.29. The van der Waals surface area contributed by atoms with E-state index in [9.17, 15) is 13.2 Å². The van der Waals surface area contributed by atoms with Gasteiger partial charge in [0.25, 0.3) is 15.9 Å². The van der Waals surface area contributed by atoms with E-state index in [4.69, 9.17) is 9.47 Å². The predicted molar refractivity (Wildman–Crippen MR) is 164 cm³/mol. The molecule has 5 rings (SSSR count). The third-order valence-electron chi connectivity index (χ3n) is 6.53. The second-order valence-corrected chi connectivity index (χ2v) is 11.1. The first kappa shape index (κ1) is 28.4. The van der Waals surface area contributed by atoms with Gasteiger partial charge in [0.2, 0.25) is 0 Å². The quantitative estimate of drug-likeness (QED) is 0.158. The number of anilines is 1. The molecule has 212 valence electrons. The van der Waals surface area contributed by atoms with Gasteiger partial charge in [-0.25, -0.2) is 13.8 Å². The first-order valence-electron chi connectivity index (χ1n) is 13.2. The van der Waals surface area contributed by atoms with Gasteiger partial charge >= 0.3 is 0 Å². The summed E-state index contributed by atoms with van der Waals surface area (Å²) in [6, 6.07) is 36.1. The zero-order chi connectivity index (χ0) is 29.4. The number of amides is 1. The zero-order valence-corrected chi connectivity index (χ0v) is 23.7. The van der Waals surface area contributed by atoms with Crippen LogP contribution >= 0.6 is 0 Å². The predicted octanol–water partition coefficient (Wildman–Crippen LogP) is 5.77. The number of fused-ring (bicyclic) bond motifs is 1. The van der Waals surface area contributed by atoms with Crippen LogP contribution in [0.2, 0.25) is 0 Å². The summed E-state index contributed by atoms with van der Waals surface area (Å²) in [5.41, 5.74) is 4.48. The van der Waals surface area contributed by atoms with Crippen LogP contribution in [-0.4, -0.2) is 34.2 Å². The van der Waals surface area contributed by atoms with Crippen molar-refractivity contribution in [1.82, 2.24) is 5.43 Å². The van der Waals surface area contributed by atoms with Crippen LogP contribution < -0.4 is 19.2 Å². The fraction of sp³-hybridized carbons (Fsp3) is 0.0909. The number of hydrogen-bond donors (Lipinski definition) is 1. The van der Waals surface area contributed by atoms with E-state index in [1.54, 1.807) is 42.5 Å². The molecule has 0 aliphatic heterocycles. The SMILES string of the molecule is COc1ccccc1N(CC(=O)N/N=C\c1ccc(OCc2cccc3ccccc23)cc1)S(=O)(=O)c1ccccc1. The Hall–Kier alpha value is -5.15. The van der Waals surface area contributed by atoms with Crippen molar-refractivity contribution in [1.29, 1.82) is 0 Å². The molecule has 0 fully saturated rings. The number of hydrogen-bond acceptors (Lipinski definition) is 6. The summed E-state index contributed by atoms with van der Waals surface area (Å²) in [4.78, 5) is 12.9. The van der Waals surface area contributed by atoms with Gasteiger partial charge in [-0.2, -0.15) is 5.10 Å². The number of sulfonamides is 1. The van der Waals surface area contributed by atoms with Gasteiger partial charge in [-0.15, -0.1) is 0 Å². The summed E-state index contributed by atoms with van der Waals surface area (Å²) in [6.45, 7) is -0.0741. The first-order chi connectivity index (χ1) is 20.5. The molecule has 0 heterocycles. The fourth-order valence-corrected chi connectivity index (χ4v) is 5.88. The second-order valence-electron chi connectivity index (χ2n) is 9.29. The normalized spacial score (nSPS) is 11.4. The average molecular weight is 580 g/mol. The van der Waals surface area contributed by atoms with E-state index in [2.05, 4.69) is 28.7 Å². The molecule has 0 saturated carbocycles. The number of carbonyl (C=O) groups excluding carboxylic acids is 1. The van der Waals surface area contributed by atoms with E-state index in [0.717, 1.165) is 26.2 Å².